The van der Waals surface area contributed by atoms with E-state index in [0.29, 0.717) is 36.3 Å². The van der Waals surface area contributed by atoms with E-state index >= 15 is 0 Å². The first-order valence-electron chi connectivity index (χ1n) is 6.35. The molecule has 4 nitrogen and oxygen atoms in total. The van der Waals surface area contributed by atoms with Crippen molar-refractivity contribution >= 4 is 11.8 Å². The Balaban J connectivity index is 2.42. The fourth-order valence-electron chi connectivity index (χ4n) is 2.29. The van der Waals surface area contributed by atoms with Crippen molar-refractivity contribution in [2.24, 2.45) is 5.41 Å². The molecule has 1 aliphatic rings. The molecule has 0 aliphatic carbocycles. The lowest BCUT2D eigenvalue weighted by atomic mass is 9.87. The Morgan fingerprint density at radius 2 is 1.89 bits per heavy atom. The highest BCUT2D eigenvalue weighted by atomic mass is 16.5. The molecule has 0 saturated carbocycles. The maximum Gasteiger partial charge on any atom is 0.336 e. The molecule has 1 N–H and O–H groups in total. The smallest absolute Gasteiger partial charge is 0.336 e. The van der Waals surface area contributed by atoms with Gasteiger partial charge in [-0.05, 0) is 17.5 Å². The van der Waals surface area contributed by atoms with Gasteiger partial charge in [0.1, 0.15) is 5.75 Å². The number of carbonyl (C=O) groups is 2. The molecule has 2 rings (SSSR count). The van der Waals surface area contributed by atoms with Crippen molar-refractivity contribution in [2.75, 3.05) is 6.61 Å². The number of hydrogen-bond donors (Lipinski definition) is 1. The Bertz CT molecular complexity index is 538. The lowest BCUT2D eigenvalue weighted by Crippen LogP contribution is -2.14. The molecule has 1 heterocycles. The molecule has 0 amide bonds. The highest BCUT2D eigenvalue weighted by Crippen LogP contribution is 2.35. The molecule has 0 aromatic heterocycles. The van der Waals surface area contributed by atoms with Crippen LogP contribution < -0.4 is 4.74 Å². The fourth-order valence-corrected chi connectivity index (χ4v) is 2.29. The number of hydrogen-bond acceptors (Lipinski definition) is 3. The van der Waals surface area contributed by atoms with Gasteiger partial charge in [-0.3, -0.25) is 4.79 Å². The largest absolute Gasteiger partial charge is 0.492 e. The Morgan fingerprint density at radius 1 is 1.26 bits per heavy atom. The summed E-state index contributed by atoms with van der Waals surface area (Å²) in [6, 6.07) is 3.08. The van der Waals surface area contributed by atoms with Crippen LogP contribution in [-0.2, 0) is 6.42 Å². The summed E-state index contributed by atoms with van der Waals surface area (Å²) in [6.07, 6.45) is 0.961. The Hall–Kier alpha value is -1.84. The van der Waals surface area contributed by atoms with E-state index in [2.05, 4.69) is 0 Å². The first-order valence-corrected chi connectivity index (χ1v) is 6.35. The summed E-state index contributed by atoms with van der Waals surface area (Å²) in [6.45, 7) is 6.43. The molecule has 0 saturated heterocycles. The number of benzene rings is 1. The number of carboxylic acid groups (broad SMARTS) is 1. The molecule has 4 heteroatoms. The molecule has 0 spiro atoms. The van der Waals surface area contributed by atoms with Crippen molar-refractivity contribution in [1.29, 1.82) is 0 Å². The fraction of sp³-hybridized carbons (Fsp3) is 0.467. The predicted octanol–water partition coefficient (Wildman–Crippen LogP) is 2.94. The molecular weight excluding hydrogens is 244 g/mol. The van der Waals surface area contributed by atoms with Crippen molar-refractivity contribution in [2.45, 2.75) is 33.6 Å². The summed E-state index contributed by atoms with van der Waals surface area (Å²) in [5, 5.41) is 9.12. The first kappa shape index (κ1) is 13.6. The molecule has 1 aromatic rings. The summed E-state index contributed by atoms with van der Waals surface area (Å²) in [5.41, 5.74) is 1.29. The molecule has 0 radical (unpaired) electrons. The average Bonchev–Trinajstić information content (AvgIpc) is 2.73. The lowest BCUT2D eigenvalue weighted by Gasteiger charge is -2.18. The van der Waals surface area contributed by atoms with Gasteiger partial charge in [-0.25, -0.2) is 4.79 Å². The van der Waals surface area contributed by atoms with E-state index in [4.69, 9.17) is 9.84 Å². The van der Waals surface area contributed by atoms with Crippen molar-refractivity contribution in [3.05, 3.63) is 28.8 Å². The highest BCUT2D eigenvalue weighted by molar-refractivity contribution is 6.01. The maximum absolute atomic E-state index is 12.3. The molecule has 0 fully saturated rings. The molecule has 0 unspecified atom stereocenters. The van der Waals surface area contributed by atoms with E-state index in [0.717, 1.165) is 0 Å². The van der Waals surface area contributed by atoms with Gasteiger partial charge in [0.25, 0.3) is 0 Å². The van der Waals surface area contributed by atoms with E-state index in [-0.39, 0.29) is 16.8 Å². The summed E-state index contributed by atoms with van der Waals surface area (Å²) < 4.78 is 5.47. The second-order valence-electron chi connectivity index (χ2n) is 6.03. The summed E-state index contributed by atoms with van der Waals surface area (Å²) in [5.74, 6) is -0.506. The number of fused-ring (bicyclic) bond motifs is 1. The van der Waals surface area contributed by atoms with Crippen molar-refractivity contribution in [3.63, 3.8) is 0 Å². The van der Waals surface area contributed by atoms with Crippen molar-refractivity contribution in [3.8, 4) is 5.75 Å². The standard InChI is InChI=1S/C15H18O4/c1-15(2,3)8-12(16)11-5-4-10(14(17)18)9-6-7-19-13(9)11/h4-5H,6-8H2,1-3H3,(H,17,18). The maximum atomic E-state index is 12.3. The van der Waals surface area contributed by atoms with Crippen LogP contribution in [0.15, 0.2) is 12.1 Å². The number of carbonyl (C=O) groups excluding carboxylic acids is 1. The SMILES string of the molecule is CC(C)(C)CC(=O)c1ccc(C(=O)O)c2c1OCC2. The Morgan fingerprint density at radius 3 is 2.47 bits per heavy atom. The number of carboxylic acids is 1. The van der Waals surface area contributed by atoms with Crippen LogP contribution in [0.3, 0.4) is 0 Å². The van der Waals surface area contributed by atoms with E-state index in [1.165, 1.54) is 6.07 Å². The minimum Gasteiger partial charge on any atom is -0.492 e. The number of aromatic carboxylic acids is 1. The van der Waals surface area contributed by atoms with Crippen LogP contribution in [-0.4, -0.2) is 23.5 Å². The van der Waals surface area contributed by atoms with Crippen LogP contribution in [0, 0.1) is 5.41 Å². The van der Waals surface area contributed by atoms with Gasteiger partial charge in [-0.2, -0.15) is 0 Å². The topological polar surface area (TPSA) is 63.6 Å². The van der Waals surface area contributed by atoms with Crippen molar-refractivity contribution < 1.29 is 19.4 Å². The second-order valence-corrected chi connectivity index (χ2v) is 6.03. The minimum absolute atomic E-state index is 0.00240. The predicted molar refractivity (Wildman–Crippen MR) is 71.0 cm³/mol. The van der Waals surface area contributed by atoms with Crippen LogP contribution >= 0.6 is 0 Å². The highest BCUT2D eigenvalue weighted by Gasteiger charge is 2.27. The van der Waals surface area contributed by atoms with Gasteiger partial charge in [0.05, 0.1) is 17.7 Å². The third-order valence-electron chi connectivity index (χ3n) is 3.08. The van der Waals surface area contributed by atoms with Gasteiger partial charge in [-0.1, -0.05) is 20.8 Å². The molecule has 102 valence electrons. The van der Waals surface area contributed by atoms with Crippen LogP contribution in [0.5, 0.6) is 5.75 Å². The van der Waals surface area contributed by atoms with Gasteiger partial charge in [0.15, 0.2) is 5.78 Å². The van der Waals surface area contributed by atoms with Crippen LogP contribution in [0.4, 0.5) is 0 Å². The van der Waals surface area contributed by atoms with E-state index < -0.39 is 5.97 Å². The lowest BCUT2D eigenvalue weighted by molar-refractivity contribution is 0.0695. The third-order valence-corrected chi connectivity index (χ3v) is 3.08. The minimum atomic E-state index is -0.975. The normalized spacial score (nSPS) is 13.8. The second kappa shape index (κ2) is 4.68. The number of ether oxygens (including phenoxy) is 1. The van der Waals surface area contributed by atoms with Gasteiger partial charge in [0.2, 0.25) is 0 Å². The van der Waals surface area contributed by atoms with Crippen LogP contribution in [0.2, 0.25) is 0 Å². The third kappa shape index (κ3) is 2.78. The molecule has 1 aliphatic heterocycles. The van der Waals surface area contributed by atoms with Crippen molar-refractivity contribution in [1.82, 2.24) is 0 Å². The van der Waals surface area contributed by atoms with Crippen LogP contribution in [0.25, 0.3) is 0 Å². The molecule has 0 bridgehead atoms. The van der Waals surface area contributed by atoms with Gasteiger partial charge >= 0.3 is 5.97 Å². The van der Waals surface area contributed by atoms with Gasteiger partial charge in [0, 0.05) is 18.4 Å². The van der Waals surface area contributed by atoms with E-state index in [1.807, 2.05) is 20.8 Å². The summed E-state index contributed by atoms with van der Waals surface area (Å²) in [4.78, 5) is 23.4. The quantitative estimate of drug-likeness (QED) is 0.851. The van der Waals surface area contributed by atoms with Gasteiger partial charge in [-0.15, -0.1) is 0 Å². The number of rotatable bonds is 3. The van der Waals surface area contributed by atoms with E-state index in [9.17, 15) is 9.59 Å². The Labute approximate surface area is 112 Å². The van der Waals surface area contributed by atoms with E-state index in [1.54, 1.807) is 6.07 Å². The zero-order valence-corrected chi connectivity index (χ0v) is 11.4. The Kier molecular flexibility index (Phi) is 3.35. The molecule has 19 heavy (non-hydrogen) atoms. The average molecular weight is 262 g/mol. The first-order chi connectivity index (χ1) is 8.79. The zero-order valence-electron chi connectivity index (χ0n) is 11.4. The number of ketones is 1. The molecule has 1 aromatic carbocycles. The number of Topliss-reactive ketones (excluding diaryl/α,β-unsaturated/α-hetero) is 1. The van der Waals surface area contributed by atoms with Crippen LogP contribution in [0.1, 0.15) is 53.5 Å². The molecule has 0 atom stereocenters. The van der Waals surface area contributed by atoms with Gasteiger partial charge < -0.3 is 9.84 Å². The summed E-state index contributed by atoms with van der Waals surface area (Å²) >= 11 is 0. The zero-order chi connectivity index (χ0) is 14.2. The monoisotopic (exact) mass is 262 g/mol. The molecular formula is C15H18O4. The summed E-state index contributed by atoms with van der Waals surface area (Å²) in [7, 11) is 0.